The summed E-state index contributed by atoms with van der Waals surface area (Å²) in [5.41, 5.74) is -0.626. The van der Waals surface area contributed by atoms with Gasteiger partial charge < -0.3 is 10.0 Å². The zero-order valence-corrected chi connectivity index (χ0v) is 11.0. The average molecular weight is 240 g/mol. The van der Waals surface area contributed by atoms with Crippen molar-refractivity contribution < 1.29 is 9.90 Å². The third kappa shape index (κ3) is 2.47. The van der Waals surface area contributed by atoms with Gasteiger partial charge in [-0.2, -0.15) is 0 Å². The Bertz CT molecular complexity index is 287. The molecule has 4 nitrogen and oxygen atoms in total. The number of piperidine rings is 2. The van der Waals surface area contributed by atoms with E-state index in [9.17, 15) is 9.90 Å². The van der Waals surface area contributed by atoms with E-state index < -0.39 is 11.5 Å². The minimum absolute atomic E-state index is 0.465. The molecule has 2 saturated heterocycles. The van der Waals surface area contributed by atoms with Gasteiger partial charge in [0.25, 0.3) is 0 Å². The molecule has 98 valence electrons. The van der Waals surface area contributed by atoms with Crippen LogP contribution in [0.2, 0.25) is 0 Å². The van der Waals surface area contributed by atoms with E-state index in [-0.39, 0.29) is 0 Å². The summed E-state index contributed by atoms with van der Waals surface area (Å²) in [4.78, 5) is 16.1. The first-order chi connectivity index (χ1) is 8.04. The standard InChI is InChI=1S/C13H24N2O2/c1-13(12(16)17)7-3-4-8-15(13)11-5-9-14(2)10-6-11/h11H,3-10H2,1-2H3,(H,16,17). The number of aliphatic carboxylic acids is 1. The van der Waals surface area contributed by atoms with Gasteiger partial charge in [0, 0.05) is 6.04 Å². The SMILES string of the molecule is CN1CCC(N2CCCCC2(C)C(=O)O)CC1. The Hall–Kier alpha value is -0.610. The third-order valence-electron chi connectivity index (χ3n) is 4.54. The predicted molar refractivity (Wildman–Crippen MR) is 67.1 cm³/mol. The van der Waals surface area contributed by atoms with Gasteiger partial charge in [0.2, 0.25) is 0 Å². The Balaban J connectivity index is 2.09. The van der Waals surface area contributed by atoms with E-state index in [2.05, 4.69) is 16.8 Å². The topological polar surface area (TPSA) is 43.8 Å². The summed E-state index contributed by atoms with van der Waals surface area (Å²) in [5, 5.41) is 9.50. The van der Waals surface area contributed by atoms with Crippen molar-refractivity contribution in [3.8, 4) is 0 Å². The highest BCUT2D eigenvalue weighted by Crippen LogP contribution is 2.33. The van der Waals surface area contributed by atoms with Crippen LogP contribution in [-0.4, -0.2) is 59.1 Å². The van der Waals surface area contributed by atoms with Crippen LogP contribution in [0.4, 0.5) is 0 Å². The van der Waals surface area contributed by atoms with E-state index in [1.54, 1.807) is 0 Å². The van der Waals surface area contributed by atoms with Crippen LogP contribution in [0.25, 0.3) is 0 Å². The van der Waals surface area contributed by atoms with Crippen molar-refractivity contribution in [2.24, 2.45) is 0 Å². The lowest BCUT2D eigenvalue weighted by molar-refractivity contribution is -0.156. The lowest BCUT2D eigenvalue weighted by atomic mass is 9.85. The van der Waals surface area contributed by atoms with Crippen molar-refractivity contribution in [2.75, 3.05) is 26.7 Å². The molecule has 0 aromatic carbocycles. The molecule has 2 fully saturated rings. The van der Waals surface area contributed by atoms with Crippen molar-refractivity contribution in [3.05, 3.63) is 0 Å². The normalized spacial score (nSPS) is 33.8. The number of rotatable bonds is 2. The number of carboxylic acid groups (broad SMARTS) is 1. The second kappa shape index (κ2) is 4.94. The number of carbonyl (C=O) groups is 1. The molecule has 1 N–H and O–H groups in total. The van der Waals surface area contributed by atoms with E-state index in [1.807, 2.05) is 6.92 Å². The van der Waals surface area contributed by atoms with Crippen molar-refractivity contribution in [2.45, 2.75) is 50.6 Å². The first-order valence-corrected chi connectivity index (χ1v) is 6.73. The molecular weight excluding hydrogens is 216 g/mol. The van der Waals surface area contributed by atoms with Gasteiger partial charge in [-0.15, -0.1) is 0 Å². The molecule has 0 aliphatic carbocycles. The third-order valence-corrected chi connectivity index (χ3v) is 4.54. The van der Waals surface area contributed by atoms with Crippen LogP contribution in [0, 0.1) is 0 Å². The second-order valence-corrected chi connectivity index (χ2v) is 5.76. The maximum Gasteiger partial charge on any atom is 0.323 e. The quantitative estimate of drug-likeness (QED) is 0.792. The van der Waals surface area contributed by atoms with Crippen LogP contribution in [0.15, 0.2) is 0 Å². The Morgan fingerprint density at radius 1 is 1.24 bits per heavy atom. The minimum Gasteiger partial charge on any atom is -0.480 e. The van der Waals surface area contributed by atoms with E-state index >= 15 is 0 Å². The highest BCUT2D eigenvalue weighted by atomic mass is 16.4. The van der Waals surface area contributed by atoms with E-state index in [0.29, 0.717) is 6.04 Å². The van der Waals surface area contributed by atoms with E-state index in [1.165, 1.54) is 0 Å². The fourth-order valence-corrected chi connectivity index (χ4v) is 3.26. The lowest BCUT2D eigenvalue weighted by Crippen LogP contribution is -2.60. The zero-order chi connectivity index (χ0) is 12.5. The summed E-state index contributed by atoms with van der Waals surface area (Å²) in [6.45, 7) is 5.05. The second-order valence-electron chi connectivity index (χ2n) is 5.76. The molecule has 1 unspecified atom stereocenters. The van der Waals surface area contributed by atoms with Gasteiger partial charge in [-0.1, -0.05) is 0 Å². The molecule has 2 aliphatic rings. The summed E-state index contributed by atoms with van der Waals surface area (Å²) in [6.07, 6.45) is 5.22. The number of hydrogen-bond acceptors (Lipinski definition) is 3. The highest BCUT2D eigenvalue weighted by molar-refractivity contribution is 5.78. The van der Waals surface area contributed by atoms with E-state index in [0.717, 1.165) is 51.7 Å². The van der Waals surface area contributed by atoms with Gasteiger partial charge in [-0.3, -0.25) is 9.69 Å². The molecule has 2 heterocycles. The monoisotopic (exact) mass is 240 g/mol. The smallest absolute Gasteiger partial charge is 0.323 e. The maximum atomic E-state index is 11.5. The maximum absolute atomic E-state index is 11.5. The molecule has 4 heteroatoms. The zero-order valence-electron chi connectivity index (χ0n) is 11.0. The Morgan fingerprint density at radius 3 is 2.47 bits per heavy atom. The van der Waals surface area contributed by atoms with Crippen LogP contribution in [0.1, 0.15) is 39.0 Å². The molecule has 0 saturated carbocycles. The molecule has 2 rings (SSSR count). The molecule has 17 heavy (non-hydrogen) atoms. The van der Waals surface area contributed by atoms with Crippen molar-refractivity contribution in [1.29, 1.82) is 0 Å². The molecule has 1 atom stereocenters. The Kier molecular flexibility index (Phi) is 3.73. The van der Waals surface area contributed by atoms with Gasteiger partial charge in [0.05, 0.1) is 0 Å². The average Bonchev–Trinajstić information content (AvgIpc) is 2.31. The molecule has 0 spiro atoms. The summed E-state index contributed by atoms with van der Waals surface area (Å²) in [6, 6.07) is 0.465. The van der Waals surface area contributed by atoms with E-state index in [4.69, 9.17) is 0 Å². The fourth-order valence-electron chi connectivity index (χ4n) is 3.26. The summed E-state index contributed by atoms with van der Waals surface area (Å²) in [5.74, 6) is -0.642. The Morgan fingerprint density at radius 2 is 1.88 bits per heavy atom. The van der Waals surface area contributed by atoms with Crippen molar-refractivity contribution >= 4 is 5.97 Å². The van der Waals surface area contributed by atoms with Crippen LogP contribution in [-0.2, 0) is 4.79 Å². The molecule has 0 radical (unpaired) electrons. The van der Waals surface area contributed by atoms with Gasteiger partial charge in [0.15, 0.2) is 0 Å². The molecule has 0 bridgehead atoms. The molecule has 0 amide bonds. The van der Waals surface area contributed by atoms with Crippen LogP contribution in [0.3, 0.4) is 0 Å². The van der Waals surface area contributed by atoms with Gasteiger partial charge in [0.1, 0.15) is 5.54 Å². The first-order valence-electron chi connectivity index (χ1n) is 6.73. The summed E-state index contributed by atoms with van der Waals surface area (Å²) >= 11 is 0. The largest absolute Gasteiger partial charge is 0.480 e. The molecule has 0 aromatic rings. The number of hydrogen-bond donors (Lipinski definition) is 1. The van der Waals surface area contributed by atoms with Crippen molar-refractivity contribution in [3.63, 3.8) is 0 Å². The van der Waals surface area contributed by atoms with Crippen molar-refractivity contribution in [1.82, 2.24) is 9.80 Å². The van der Waals surface area contributed by atoms with Gasteiger partial charge in [-0.25, -0.2) is 0 Å². The van der Waals surface area contributed by atoms with Gasteiger partial charge in [-0.05, 0) is 65.7 Å². The lowest BCUT2D eigenvalue weighted by Gasteiger charge is -2.48. The minimum atomic E-state index is -0.642. The molecular formula is C13H24N2O2. The summed E-state index contributed by atoms with van der Waals surface area (Å²) < 4.78 is 0. The Labute approximate surface area is 104 Å². The van der Waals surface area contributed by atoms with Crippen LogP contribution in [0.5, 0.6) is 0 Å². The van der Waals surface area contributed by atoms with Crippen LogP contribution < -0.4 is 0 Å². The number of carboxylic acids is 1. The number of nitrogens with zero attached hydrogens (tertiary/aromatic N) is 2. The predicted octanol–water partition coefficient (Wildman–Crippen LogP) is 1.41. The molecule has 0 aromatic heterocycles. The highest BCUT2D eigenvalue weighted by Gasteiger charge is 2.44. The van der Waals surface area contributed by atoms with Gasteiger partial charge >= 0.3 is 5.97 Å². The number of likely N-dealkylation sites (tertiary alicyclic amines) is 2. The fraction of sp³-hybridized carbons (Fsp3) is 0.923. The van der Waals surface area contributed by atoms with Crippen LogP contribution >= 0.6 is 0 Å². The molecule has 2 aliphatic heterocycles. The summed E-state index contributed by atoms with van der Waals surface area (Å²) in [7, 11) is 2.14. The first kappa shape index (κ1) is 12.8.